The van der Waals surface area contributed by atoms with Crippen LogP contribution in [0.15, 0.2) is 42.5 Å². The van der Waals surface area contributed by atoms with E-state index in [-0.39, 0.29) is 19.0 Å². The second-order valence-corrected chi connectivity index (χ2v) is 8.28. The van der Waals surface area contributed by atoms with Gasteiger partial charge in [0.15, 0.2) is 0 Å². The number of imide groups is 1. The molecule has 3 N–H and O–H groups in total. The van der Waals surface area contributed by atoms with E-state index in [1.807, 2.05) is 0 Å². The lowest BCUT2D eigenvalue weighted by Gasteiger charge is -2.47. The summed E-state index contributed by atoms with van der Waals surface area (Å²) in [6.45, 7) is 0.835. The molecule has 2 atom stereocenters. The van der Waals surface area contributed by atoms with Crippen LogP contribution in [-0.2, 0) is 16.1 Å². The molecule has 2 unspecified atom stereocenters. The van der Waals surface area contributed by atoms with Gasteiger partial charge in [-0.3, -0.25) is 24.7 Å². The first-order valence-electron chi connectivity index (χ1n) is 10.8. The number of hydrogen-bond donors (Lipinski definition) is 3. The predicted octanol–water partition coefficient (Wildman–Crippen LogP) is 1.65. The van der Waals surface area contributed by atoms with Crippen LogP contribution >= 0.6 is 11.6 Å². The molecule has 0 bridgehead atoms. The van der Waals surface area contributed by atoms with Gasteiger partial charge in [-0.2, -0.15) is 0 Å². The number of methoxy groups -OCH3 is 2. The molecule has 2 heterocycles. The van der Waals surface area contributed by atoms with E-state index in [0.29, 0.717) is 40.9 Å². The van der Waals surface area contributed by atoms with E-state index in [2.05, 4.69) is 16.0 Å². The maximum atomic E-state index is 13.4. The minimum Gasteiger partial charge on any atom is -0.497 e. The lowest BCUT2D eigenvalue weighted by Crippen LogP contribution is -2.75. The smallest absolute Gasteiger partial charge is 0.328 e. The van der Waals surface area contributed by atoms with Gasteiger partial charge in [-0.25, -0.2) is 4.79 Å². The molecule has 0 radical (unpaired) electrons. The van der Waals surface area contributed by atoms with E-state index < -0.39 is 24.1 Å². The second-order valence-electron chi connectivity index (χ2n) is 7.87. The van der Waals surface area contributed by atoms with Crippen LogP contribution in [0, 0.1) is 0 Å². The summed E-state index contributed by atoms with van der Waals surface area (Å²) in [6, 6.07) is 10.8. The highest BCUT2D eigenvalue weighted by molar-refractivity contribution is 6.31. The van der Waals surface area contributed by atoms with Crippen LogP contribution in [0.4, 0.5) is 10.5 Å². The quantitative estimate of drug-likeness (QED) is 0.544. The van der Waals surface area contributed by atoms with E-state index in [1.165, 1.54) is 19.1 Å². The molecule has 0 saturated carbocycles. The number of fused-ring (bicyclic) bond motifs is 1. The summed E-state index contributed by atoms with van der Waals surface area (Å²) in [5, 5.41) is 9.57. The van der Waals surface area contributed by atoms with Crippen molar-refractivity contribution in [3.63, 3.8) is 0 Å². The van der Waals surface area contributed by atoms with Gasteiger partial charge in [0.05, 0.1) is 26.5 Å². The van der Waals surface area contributed by atoms with E-state index >= 15 is 0 Å². The number of piperazine rings is 1. The molecular weight excluding hydrogens is 462 g/mol. The Hall–Kier alpha value is -3.34. The fourth-order valence-electron chi connectivity index (χ4n) is 4.09. The number of benzene rings is 2. The van der Waals surface area contributed by atoms with Crippen molar-refractivity contribution in [1.82, 2.24) is 20.4 Å². The lowest BCUT2D eigenvalue weighted by molar-refractivity contribution is -0.139. The van der Waals surface area contributed by atoms with Crippen molar-refractivity contribution in [2.75, 3.05) is 39.2 Å². The van der Waals surface area contributed by atoms with Crippen LogP contribution in [0.2, 0.25) is 5.02 Å². The molecule has 2 aromatic carbocycles. The summed E-state index contributed by atoms with van der Waals surface area (Å²) in [4.78, 5) is 42.1. The highest BCUT2D eigenvalue weighted by atomic mass is 35.5. The number of urea groups is 1. The number of hydrogen-bond acceptors (Lipinski definition) is 7. The fourth-order valence-corrected chi connectivity index (χ4v) is 4.29. The highest BCUT2D eigenvalue weighted by Crippen LogP contribution is 2.29. The minimum absolute atomic E-state index is 0.00403. The van der Waals surface area contributed by atoms with Crippen molar-refractivity contribution in [2.45, 2.75) is 18.8 Å². The standard InChI is InChI=1S/C23H26ClN5O5/c1-33-15-7-8-18(34-2)17(11-15)27-19(30)13-28-21-20(25-9-10-26-21)22(31)29(23(28)32)12-14-5-3-4-6-16(14)24/h3-8,11,20-21,25-26H,9-10,12-13H2,1-2H3,(H,27,30). The minimum atomic E-state index is -0.687. The van der Waals surface area contributed by atoms with Crippen LogP contribution in [0.3, 0.4) is 0 Å². The number of carbonyl (C=O) groups is 3. The Morgan fingerprint density at radius 2 is 1.88 bits per heavy atom. The van der Waals surface area contributed by atoms with Gasteiger partial charge in [-0.15, -0.1) is 0 Å². The lowest BCUT2D eigenvalue weighted by atomic mass is 10.1. The summed E-state index contributed by atoms with van der Waals surface area (Å²) < 4.78 is 10.5. The van der Waals surface area contributed by atoms with Gasteiger partial charge in [0, 0.05) is 24.2 Å². The first-order valence-corrected chi connectivity index (χ1v) is 11.1. The van der Waals surface area contributed by atoms with Gasteiger partial charge in [-0.05, 0) is 23.8 Å². The number of nitrogens with zero attached hydrogens (tertiary/aromatic N) is 2. The summed E-state index contributed by atoms with van der Waals surface area (Å²) in [5.41, 5.74) is 1.05. The Morgan fingerprint density at radius 1 is 1.12 bits per heavy atom. The SMILES string of the molecule is COc1ccc(OC)c(NC(=O)CN2C(=O)N(Cc3ccccc3Cl)C(=O)C3NCCNC32)c1. The van der Waals surface area contributed by atoms with Gasteiger partial charge in [0.25, 0.3) is 5.91 Å². The first-order chi connectivity index (χ1) is 16.4. The third-order valence-electron chi connectivity index (χ3n) is 5.78. The van der Waals surface area contributed by atoms with Crippen LogP contribution in [0.5, 0.6) is 11.5 Å². The number of ether oxygens (including phenoxy) is 2. The molecule has 34 heavy (non-hydrogen) atoms. The van der Waals surface area contributed by atoms with Gasteiger partial charge in [0.2, 0.25) is 5.91 Å². The molecule has 2 aliphatic heterocycles. The third kappa shape index (κ3) is 4.79. The van der Waals surface area contributed by atoms with Crippen LogP contribution in [0.25, 0.3) is 0 Å². The molecule has 4 rings (SSSR count). The molecule has 0 aromatic heterocycles. The van der Waals surface area contributed by atoms with Crippen molar-refractivity contribution in [2.24, 2.45) is 0 Å². The van der Waals surface area contributed by atoms with Crippen LogP contribution in [-0.4, -0.2) is 73.7 Å². The highest BCUT2D eigenvalue weighted by Gasteiger charge is 2.47. The van der Waals surface area contributed by atoms with Gasteiger partial charge >= 0.3 is 6.03 Å². The van der Waals surface area contributed by atoms with E-state index in [4.69, 9.17) is 21.1 Å². The summed E-state index contributed by atoms with van der Waals surface area (Å²) >= 11 is 6.26. The van der Waals surface area contributed by atoms with E-state index in [9.17, 15) is 14.4 Å². The molecule has 2 fully saturated rings. The largest absolute Gasteiger partial charge is 0.497 e. The summed E-state index contributed by atoms with van der Waals surface area (Å²) in [6.07, 6.45) is -0.658. The van der Waals surface area contributed by atoms with Gasteiger partial charge in [-0.1, -0.05) is 29.8 Å². The van der Waals surface area contributed by atoms with Crippen molar-refractivity contribution in [1.29, 1.82) is 0 Å². The molecule has 10 nitrogen and oxygen atoms in total. The molecule has 4 amide bonds. The number of nitrogens with one attached hydrogen (secondary N) is 3. The number of halogens is 1. The molecule has 2 saturated heterocycles. The molecule has 0 spiro atoms. The molecule has 0 aliphatic carbocycles. The molecule has 180 valence electrons. The van der Waals surface area contributed by atoms with E-state index in [1.54, 1.807) is 42.5 Å². The Kier molecular flexibility index (Phi) is 7.20. The monoisotopic (exact) mass is 487 g/mol. The van der Waals surface area contributed by atoms with Gasteiger partial charge in [0.1, 0.15) is 30.3 Å². The first kappa shape index (κ1) is 23.8. The van der Waals surface area contributed by atoms with E-state index in [0.717, 1.165) is 4.90 Å². The third-order valence-corrected chi connectivity index (χ3v) is 6.15. The molecule has 11 heteroatoms. The van der Waals surface area contributed by atoms with Crippen molar-refractivity contribution in [3.8, 4) is 11.5 Å². The average molecular weight is 488 g/mol. The number of anilines is 1. The zero-order valence-corrected chi connectivity index (χ0v) is 19.6. The topological polar surface area (TPSA) is 112 Å². The maximum Gasteiger partial charge on any atom is 0.328 e. The zero-order chi connectivity index (χ0) is 24.2. The van der Waals surface area contributed by atoms with Crippen LogP contribution < -0.4 is 25.4 Å². The zero-order valence-electron chi connectivity index (χ0n) is 18.8. The normalized spacial score (nSPS) is 20.1. The average Bonchev–Trinajstić information content (AvgIpc) is 2.85. The van der Waals surface area contributed by atoms with Crippen LogP contribution in [0.1, 0.15) is 5.56 Å². The number of amides is 4. The maximum absolute atomic E-state index is 13.4. The second kappa shape index (κ2) is 10.3. The van der Waals surface area contributed by atoms with Crippen molar-refractivity contribution in [3.05, 3.63) is 53.1 Å². The van der Waals surface area contributed by atoms with Gasteiger partial charge < -0.3 is 20.1 Å². The Bertz CT molecular complexity index is 1100. The number of carbonyl (C=O) groups excluding carboxylic acids is 3. The molecular formula is C23H26ClN5O5. The Balaban J connectivity index is 1.56. The Morgan fingerprint density at radius 3 is 2.62 bits per heavy atom. The molecule has 2 aromatic rings. The summed E-state index contributed by atoms with van der Waals surface area (Å²) in [5.74, 6) is 0.177. The Labute approximate surface area is 202 Å². The summed E-state index contributed by atoms with van der Waals surface area (Å²) in [7, 11) is 3.01. The number of rotatable bonds is 7. The fraction of sp³-hybridized carbons (Fsp3) is 0.348. The predicted molar refractivity (Wildman–Crippen MR) is 126 cm³/mol. The van der Waals surface area contributed by atoms with Crippen molar-refractivity contribution >= 4 is 35.1 Å². The van der Waals surface area contributed by atoms with Crippen molar-refractivity contribution < 1.29 is 23.9 Å². The molecule has 2 aliphatic rings.